The van der Waals surface area contributed by atoms with Gasteiger partial charge >= 0.3 is 5.97 Å². The van der Waals surface area contributed by atoms with Crippen molar-refractivity contribution in [1.29, 1.82) is 0 Å². The fourth-order valence-corrected chi connectivity index (χ4v) is 5.37. The van der Waals surface area contributed by atoms with Crippen molar-refractivity contribution in [2.75, 3.05) is 25.0 Å². The Bertz CT molecular complexity index is 1700. The van der Waals surface area contributed by atoms with E-state index in [2.05, 4.69) is 25.7 Å². The number of aromatic nitrogens is 3. The summed E-state index contributed by atoms with van der Waals surface area (Å²) in [7, 11) is 0. The van der Waals surface area contributed by atoms with E-state index in [1.807, 2.05) is 37.3 Å². The zero-order valence-corrected chi connectivity index (χ0v) is 25.3. The number of ether oxygens (including phenoxy) is 2. The SMILES string of the molecule is Cc1nc2cc(C(=O)NCCNc3ccccc3)nn2c(-c2cc(F)c3c(c2C)CCCO3)c1[C@H](OC(C)(C)C)C(=O)OF. The van der Waals surface area contributed by atoms with E-state index in [4.69, 9.17) is 9.47 Å². The molecule has 2 aromatic heterocycles. The lowest BCUT2D eigenvalue weighted by atomic mass is 9.91. The van der Waals surface area contributed by atoms with Gasteiger partial charge in [-0.3, -0.25) is 9.74 Å². The van der Waals surface area contributed by atoms with E-state index in [1.54, 1.807) is 27.7 Å². The Kier molecular flexibility index (Phi) is 8.82. The Balaban J connectivity index is 1.62. The van der Waals surface area contributed by atoms with E-state index in [-0.39, 0.29) is 28.3 Å². The van der Waals surface area contributed by atoms with Crippen LogP contribution in [0, 0.1) is 19.7 Å². The molecule has 2 aromatic carbocycles. The molecule has 1 aliphatic rings. The second-order valence-corrected chi connectivity index (χ2v) is 11.6. The molecule has 1 amide bonds. The fraction of sp³-hybridized carbons (Fsp3) is 0.375. The number of para-hydroxylation sites is 1. The quantitative estimate of drug-likeness (QED) is 0.236. The van der Waals surface area contributed by atoms with Gasteiger partial charge in [-0.05, 0) is 71.2 Å². The molecule has 1 aliphatic heterocycles. The van der Waals surface area contributed by atoms with Crippen molar-refractivity contribution in [1.82, 2.24) is 19.9 Å². The third-order valence-corrected chi connectivity index (χ3v) is 7.29. The first-order chi connectivity index (χ1) is 21.0. The van der Waals surface area contributed by atoms with Gasteiger partial charge in [0.05, 0.1) is 17.9 Å². The van der Waals surface area contributed by atoms with Gasteiger partial charge in [0.15, 0.2) is 29.0 Å². The van der Waals surface area contributed by atoms with E-state index in [0.717, 1.165) is 5.69 Å². The number of nitrogens with zero attached hydrogens (tertiary/aromatic N) is 3. The van der Waals surface area contributed by atoms with Crippen LogP contribution in [0.4, 0.5) is 14.6 Å². The Morgan fingerprint density at radius 3 is 2.59 bits per heavy atom. The number of rotatable bonds is 9. The smallest absolute Gasteiger partial charge is 0.381 e. The number of nitrogens with one attached hydrogen (secondary N) is 2. The first kappa shape index (κ1) is 30.9. The maximum atomic E-state index is 15.5. The summed E-state index contributed by atoms with van der Waals surface area (Å²) in [5, 5.41) is 10.6. The summed E-state index contributed by atoms with van der Waals surface area (Å²) < 4.78 is 42.0. The minimum Gasteiger partial charge on any atom is -0.490 e. The van der Waals surface area contributed by atoms with Crippen molar-refractivity contribution < 1.29 is 32.9 Å². The first-order valence-corrected chi connectivity index (χ1v) is 14.4. The molecule has 2 N–H and O–H groups in total. The lowest BCUT2D eigenvalue weighted by molar-refractivity contribution is -0.205. The van der Waals surface area contributed by atoms with E-state index in [0.29, 0.717) is 54.9 Å². The topological polar surface area (TPSA) is 116 Å². The number of fused-ring (bicyclic) bond motifs is 2. The number of benzene rings is 2. The van der Waals surface area contributed by atoms with Crippen molar-refractivity contribution in [2.45, 2.75) is 59.2 Å². The fourth-order valence-electron chi connectivity index (χ4n) is 5.37. The molecule has 0 saturated heterocycles. The summed E-state index contributed by atoms with van der Waals surface area (Å²) in [5.41, 5.74) is 2.71. The highest BCUT2D eigenvalue weighted by atomic mass is 19.3. The molecule has 12 heteroatoms. The van der Waals surface area contributed by atoms with Gasteiger partial charge in [-0.2, -0.15) is 5.10 Å². The van der Waals surface area contributed by atoms with Crippen LogP contribution < -0.4 is 15.4 Å². The van der Waals surface area contributed by atoms with Crippen LogP contribution >= 0.6 is 0 Å². The second-order valence-electron chi connectivity index (χ2n) is 11.6. The summed E-state index contributed by atoms with van der Waals surface area (Å²) >= 11 is 0. The van der Waals surface area contributed by atoms with Crippen LogP contribution in [-0.4, -0.2) is 51.8 Å². The highest BCUT2D eigenvalue weighted by molar-refractivity contribution is 5.93. The number of hydrogen-bond donors (Lipinski definition) is 2. The maximum absolute atomic E-state index is 15.5. The van der Waals surface area contributed by atoms with Crippen molar-refractivity contribution in [2.24, 2.45) is 0 Å². The highest BCUT2D eigenvalue weighted by Crippen LogP contribution is 2.41. The van der Waals surface area contributed by atoms with Gasteiger partial charge in [0.25, 0.3) is 5.91 Å². The standard InChI is InChI=1S/C32H35F2N5O5/c1-18-21-12-9-15-42-28(21)23(33)16-22(18)27-26(29(31(41)44-34)43-32(3,4)5)19(2)37-25-17-24(38-39(25)27)30(40)36-14-13-35-20-10-7-6-8-11-20/h6-8,10-11,16-17,29,35H,9,12-15H2,1-5H3,(H,36,40)/t29-/m0/s1. The normalized spacial score (nSPS) is 13.6. The average molecular weight is 608 g/mol. The molecule has 0 spiro atoms. The summed E-state index contributed by atoms with van der Waals surface area (Å²) in [5.74, 6) is -2.17. The molecule has 44 heavy (non-hydrogen) atoms. The predicted octanol–water partition coefficient (Wildman–Crippen LogP) is 5.60. The van der Waals surface area contributed by atoms with Crippen LogP contribution in [0.3, 0.4) is 0 Å². The van der Waals surface area contributed by atoms with Crippen molar-refractivity contribution in [3.8, 4) is 17.0 Å². The van der Waals surface area contributed by atoms with Gasteiger partial charge in [0, 0.05) is 51.8 Å². The van der Waals surface area contributed by atoms with Gasteiger partial charge in [0.1, 0.15) is 0 Å². The van der Waals surface area contributed by atoms with Crippen molar-refractivity contribution >= 4 is 23.2 Å². The van der Waals surface area contributed by atoms with E-state index >= 15 is 4.39 Å². The molecular weight excluding hydrogens is 572 g/mol. The zero-order valence-electron chi connectivity index (χ0n) is 25.3. The van der Waals surface area contributed by atoms with Crippen LogP contribution in [-0.2, 0) is 20.9 Å². The number of aryl methyl sites for hydroxylation is 1. The van der Waals surface area contributed by atoms with Gasteiger partial charge < -0.3 is 20.1 Å². The van der Waals surface area contributed by atoms with Crippen LogP contribution in [0.5, 0.6) is 5.75 Å². The lowest BCUT2D eigenvalue weighted by Gasteiger charge is -2.28. The van der Waals surface area contributed by atoms with Crippen molar-refractivity contribution in [3.05, 3.63) is 76.4 Å². The molecule has 0 unspecified atom stereocenters. The number of hydrogen-bond acceptors (Lipinski definition) is 8. The Labute approximate surface area is 253 Å². The predicted molar refractivity (Wildman–Crippen MR) is 160 cm³/mol. The van der Waals surface area contributed by atoms with E-state index in [1.165, 1.54) is 16.6 Å². The number of halogens is 2. The first-order valence-electron chi connectivity index (χ1n) is 14.4. The maximum Gasteiger partial charge on any atom is 0.381 e. The number of anilines is 1. The molecule has 0 aliphatic carbocycles. The Hall–Kier alpha value is -4.58. The van der Waals surface area contributed by atoms with Gasteiger partial charge in [0.2, 0.25) is 0 Å². The zero-order chi connectivity index (χ0) is 31.6. The third-order valence-electron chi connectivity index (χ3n) is 7.29. The number of amides is 1. The molecule has 10 nitrogen and oxygen atoms in total. The summed E-state index contributed by atoms with van der Waals surface area (Å²) in [6.45, 7) is 9.74. The summed E-state index contributed by atoms with van der Waals surface area (Å²) in [6.07, 6.45) is -0.303. The monoisotopic (exact) mass is 607 g/mol. The minimum absolute atomic E-state index is 0.0517. The molecule has 0 radical (unpaired) electrons. The molecule has 3 heterocycles. The summed E-state index contributed by atoms with van der Waals surface area (Å²) in [4.78, 5) is 34.3. The second kappa shape index (κ2) is 12.6. The van der Waals surface area contributed by atoms with Gasteiger partial charge in [-0.1, -0.05) is 18.2 Å². The highest BCUT2D eigenvalue weighted by Gasteiger charge is 2.36. The van der Waals surface area contributed by atoms with Crippen LogP contribution in [0.15, 0.2) is 42.5 Å². The molecule has 5 rings (SSSR count). The molecule has 232 valence electrons. The Morgan fingerprint density at radius 2 is 1.89 bits per heavy atom. The molecular formula is C32H35F2N5O5. The Morgan fingerprint density at radius 1 is 1.14 bits per heavy atom. The van der Waals surface area contributed by atoms with Crippen molar-refractivity contribution in [3.63, 3.8) is 0 Å². The van der Waals surface area contributed by atoms with Gasteiger partial charge in [-0.15, -0.1) is 0 Å². The van der Waals surface area contributed by atoms with E-state index in [9.17, 15) is 14.1 Å². The van der Waals surface area contributed by atoms with Crippen LogP contribution in [0.2, 0.25) is 0 Å². The molecule has 0 saturated carbocycles. The van der Waals surface area contributed by atoms with Crippen LogP contribution in [0.25, 0.3) is 16.9 Å². The molecule has 4 aromatic rings. The van der Waals surface area contributed by atoms with E-state index < -0.39 is 29.4 Å². The number of carbonyl (C=O) groups excluding carboxylic acids is 2. The van der Waals surface area contributed by atoms with Gasteiger partial charge in [-0.25, -0.2) is 18.7 Å². The molecule has 0 bridgehead atoms. The minimum atomic E-state index is -1.58. The van der Waals surface area contributed by atoms with Crippen LogP contribution in [0.1, 0.15) is 66.2 Å². The molecule has 0 fully saturated rings. The third kappa shape index (κ3) is 6.35. The molecule has 1 atom stereocenters. The summed E-state index contributed by atoms with van der Waals surface area (Å²) in [6, 6.07) is 12.4. The number of carbonyl (C=O) groups is 2. The average Bonchev–Trinajstić information content (AvgIpc) is 3.43. The largest absolute Gasteiger partial charge is 0.490 e. The lowest BCUT2D eigenvalue weighted by Crippen LogP contribution is -2.30.